The van der Waals surface area contributed by atoms with Crippen molar-refractivity contribution in [3.05, 3.63) is 28.8 Å². The number of nitrogens with zero attached hydrogens (tertiary/aromatic N) is 1. The first-order valence-electron chi connectivity index (χ1n) is 7.68. The Hall–Kier alpha value is -0.730. The van der Waals surface area contributed by atoms with Gasteiger partial charge in [-0.3, -0.25) is 0 Å². The van der Waals surface area contributed by atoms with Gasteiger partial charge >= 0.3 is 0 Å². The highest BCUT2D eigenvalue weighted by molar-refractivity contribution is 6.31. The second-order valence-electron chi connectivity index (χ2n) is 6.23. The predicted octanol–water partition coefficient (Wildman–Crippen LogP) is 4.57. The molecule has 0 heterocycles. The van der Waals surface area contributed by atoms with Gasteiger partial charge in [-0.05, 0) is 43.0 Å². The molecule has 0 aliphatic rings. The lowest BCUT2D eigenvalue weighted by molar-refractivity contribution is 0.552. The van der Waals surface area contributed by atoms with Crippen LogP contribution < -0.4 is 10.2 Å². The summed E-state index contributed by atoms with van der Waals surface area (Å²) in [5.41, 5.74) is 2.40. The molecule has 0 saturated carbocycles. The van der Waals surface area contributed by atoms with Crippen LogP contribution in [-0.4, -0.2) is 19.6 Å². The molecule has 0 amide bonds. The van der Waals surface area contributed by atoms with Crippen LogP contribution in [-0.2, 0) is 6.54 Å². The van der Waals surface area contributed by atoms with E-state index in [1.165, 1.54) is 11.3 Å². The fraction of sp³-hybridized carbons (Fsp3) is 0.647. The molecule has 0 fully saturated rings. The van der Waals surface area contributed by atoms with Gasteiger partial charge in [0, 0.05) is 30.3 Å². The van der Waals surface area contributed by atoms with E-state index in [0.717, 1.165) is 31.2 Å². The number of anilines is 1. The molecule has 1 aromatic rings. The zero-order valence-electron chi connectivity index (χ0n) is 13.5. The van der Waals surface area contributed by atoms with Gasteiger partial charge in [0.2, 0.25) is 0 Å². The molecule has 0 aliphatic carbocycles. The Balaban J connectivity index is 2.71. The summed E-state index contributed by atoms with van der Waals surface area (Å²) in [5.74, 6) is 1.32. The maximum Gasteiger partial charge on any atom is 0.0471 e. The smallest absolute Gasteiger partial charge is 0.0471 e. The number of halogens is 1. The predicted molar refractivity (Wildman–Crippen MR) is 90.7 cm³/mol. The molecular formula is C17H29ClN2. The number of rotatable bonds is 8. The number of hydrogen-bond acceptors (Lipinski definition) is 2. The van der Waals surface area contributed by atoms with Gasteiger partial charge in [-0.25, -0.2) is 0 Å². The van der Waals surface area contributed by atoms with Crippen LogP contribution in [0.1, 0.15) is 40.2 Å². The largest absolute Gasteiger partial charge is 0.372 e. The van der Waals surface area contributed by atoms with E-state index in [-0.39, 0.29) is 0 Å². The zero-order valence-corrected chi connectivity index (χ0v) is 14.3. The maximum atomic E-state index is 6.42. The van der Waals surface area contributed by atoms with Gasteiger partial charge in [-0.2, -0.15) is 0 Å². The summed E-state index contributed by atoms with van der Waals surface area (Å²) < 4.78 is 0. The average Bonchev–Trinajstić information content (AvgIpc) is 2.37. The number of nitrogens with one attached hydrogen (secondary N) is 1. The normalized spacial score (nSPS) is 11.4. The van der Waals surface area contributed by atoms with Crippen LogP contribution in [0.5, 0.6) is 0 Å². The highest BCUT2D eigenvalue weighted by atomic mass is 35.5. The molecular weight excluding hydrogens is 268 g/mol. The summed E-state index contributed by atoms with van der Waals surface area (Å²) in [6.45, 7) is 15.0. The SMILES string of the molecule is CCN(CC(C)C)c1ccc(CNCC(C)C)c(Cl)c1. The molecule has 2 nitrogen and oxygen atoms in total. The second kappa shape index (κ2) is 8.53. The summed E-state index contributed by atoms with van der Waals surface area (Å²) in [6.07, 6.45) is 0. The average molecular weight is 297 g/mol. The monoisotopic (exact) mass is 296 g/mol. The Bertz CT molecular complexity index is 402. The standard InChI is InChI=1S/C17H29ClN2/c1-6-20(12-14(4)5)16-8-7-15(17(18)9-16)11-19-10-13(2)3/h7-9,13-14,19H,6,10-12H2,1-5H3. The van der Waals surface area contributed by atoms with Crippen molar-refractivity contribution >= 4 is 17.3 Å². The Kier molecular flexibility index (Phi) is 7.39. The van der Waals surface area contributed by atoms with Crippen LogP contribution in [0.15, 0.2) is 18.2 Å². The van der Waals surface area contributed by atoms with E-state index in [1.54, 1.807) is 0 Å². The quantitative estimate of drug-likeness (QED) is 0.756. The van der Waals surface area contributed by atoms with Gasteiger partial charge in [-0.15, -0.1) is 0 Å². The van der Waals surface area contributed by atoms with Gasteiger partial charge in [-0.1, -0.05) is 45.4 Å². The highest BCUT2D eigenvalue weighted by Crippen LogP contribution is 2.24. The molecule has 0 aliphatic heterocycles. The molecule has 20 heavy (non-hydrogen) atoms. The first kappa shape index (κ1) is 17.3. The number of benzene rings is 1. The van der Waals surface area contributed by atoms with Crippen molar-refractivity contribution in [3.63, 3.8) is 0 Å². The molecule has 0 aromatic heterocycles. The fourth-order valence-electron chi connectivity index (χ4n) is 2.23. The minimum atomic E-state index is 0.654. The minimum Gasteiger partial charge on any atom is -0.372 e. The van der Waals surface area contributed by atoms with Crippen molar-refractivity contribution in [2.75, 3.05) is 24.5 Å². The van der Waals surface area contributed by atoms with E-state index >= 15 is 0 Å². The molecule has 0 atom stereocenters. The van der Waals surface area contributed by atoms with Crippen molar-refractivity contribution in [2.45, 2.75) is 41.2 Å². The van der Waals surface area contributed by atoms with Crippen molar-refractivity contribution in [3.8, 4) is 0 Å². The first-order chi connectivity index (χ1) is 9.43. The summed E-state index contributed by atoms with van der Waals surface area (Å²) in [6, 6.07) is 6.43. The van der Waals surface area contributed by atoms with E-state index in [0.29, 0.717) is 11.8 Å². The van der Waals surface area contributed by atoms with Gasteiger partial charge in [0.25, 0.3) is 0 Å². The molecule has 0 unspecified atom stereocenters. The zero-order chi connectivity index (χ0) is 15.1. The van der Waals surface area contributed by atoms with Gasteiger partial charge in [0.15, 0.2) is 0 Å². The van der Waals surface area contributed by atoms with Crippen LogP contribution in [0.4, 0.5) is 5.69 Å². The molecule has 114 valence electrons. The molecule has 0 saturated heterocycles. The summed E-state index contributed by atoms with van der Waals surface area (Å²) in [7, 11) is 0. The Morgan fingerprint density at radius 1 is 1.15 bits per heavy atom. The lowest BCUT2D eigenvalue weighted by Crippen LogP contribution is -2.27. The third-order valence-electron chi connectivity index (χ3n) is 3.24. The third-order valence-corrected chi connectivity index (χ3v) is 3.59. The van der Waals surface area contributed by atoms with E-state index < -0.39 is 0 Å². The first-order valence-corrected chi connectivity index (χ1v) is 8.05. The van der Waals surface area contributed by atoms with E-state index in [4.69, 9.17) is 11.6 Å². The lowest BCUT2D eigenvalue weighted by Gasteiger charge is -2.25. The summed E-state index contributed by atoms with van der Waals surface area (Å²) in [4.78, 5) is 2.38. The van der Waals surface area contributed by atoms with Crippen molar-refractivity contribution in [2.24, 2.45) is 11.8 Å². The highest BCUT2D eigenvalue weighted by Gasteiger charge is 2.09. The molecule has 1 rings (SSSR count). The molecule has 3 heteroatoms. The molecule has 1 N–H and O–H groups in total. The van der Waals surface area contributed by atoms with Crippen LogP contribution in [0, 0.1) is 11.8 Å². The Morgan fingerprint density at radius 2 is 1.85 bits per heavy atom. The van der Waals surface area contributed by atoms with E-state index in [9.17, 15) is 0 Å². The van der Waals surface area contributed by atoms with Crippen LogP contribution in [0.3, 0.4) is 0 Å². The van der Waals surface area contributed by atoms with Crippen molar-refractivity contribution < 1.29 is 0 Å². The summed E-state index contributed by atoms with van der Waals surface area (Å²) >= 11 is 6.42. The Labute approximate surface area is 129 Å². The maximum absolute atomic E-state index is 6.42. The Morgan fingerprint density at radius 3 is 2.35 bits per heavy atom. The molecule has 1 aromatic carbocycles. The van der Waals surface area contributed by atoms with E-state index in [2.05, 4.69) is 63.0 Å². The number of hydrogen-bond donors (Lipinski definition) is 1. The van der Waals surface area contributed by atoms with Gasteiger partial charge in [0.05, 0.1) is 0 Å². The molecule has 0 spiro atoms. The van der Waals surface area contributed by atoms with Crippen molar-refractivity contribution in [1.82, 2.24) is 5.32 Å². The summed E-state index contributed by atoms with van der Waals surface area (Å²) in [5, 5.41) is 4.30. The van der Waals surface area contributed by atoms with E-state index in [1.807, 2.05) is 0 Å². The molecule has 0 radical (unpaired) electrons. The third kappa shape index (κ3) is 5.72. The fourth-order valence-corrected chi connectivity index (χ4v) is 2.47. The molecule has 0 bridgehead atoms. The van der Waals surface area contributed by atoms with Crippen LogP contribution >= 0.6 is 11.6 Å². The lowest BCUT2D eigenvalue weighted by atomic mass is 10.1. The topological polar surface area (TPSA) is 15.3 Å². The minimum absolute atomic E-state index is 0.654. The van der Waals surface area contributed by atoms with Gasteiger partial charge < -0.3 is 10.2 Å². The van der Waals surface area contributed by atoms with Gasteiger partial charge in [0.1, 0.15) is 0 Å². The van der Waals surface area contributed by atoms with Crippen LogP contribution in [0.25, 0.3) is 0 Å². The van der Waals surface area contributed by atoms with Crippen LogP contribution in [0.2, 0.25) is 5.02 Å². The second-order valence-corrected chi connectivity index (χ2v) is 6.64. The van der Waals surface area contributed by atoms with Crippen molar-refractivity contribution in [1.29, 1.82) is 0 Å².